The van der Waals surface area contributed by atoms with E-state index in [9.17, 15) is 5.26 Å². The summed E-state index contributed by atoms with van der Waals surface area (Å²) in [4.78, 5) is 14.2. The quantitative estimate of drug-likeness (QED) is 0.273. The van der Waals surface area contributed by atoms with Crippen molar-refractivity contribution in [3.63, 3.8) is 0 Å². The van der Waals surface area contributed by atoms with Gasteiger partial charge < -0.3 is 14.2 Å². The Labute approximate surface area is 212 Å². The highest BCUT2D eigenvalue weighted by Gasteiger charge is 2.22. The van der Waals surface area contributed by atoms with Crippen LogP contribution in [0.4, 0.5) is 5.82 Å². The number of aromatic nitrogens is 3. The molecule has 0 bridgehead atoms. The summed E-state index contributed by atoms with van der Waals surface area (Å²) in [6.45, 7) is 0. The fourth-order valence-electron chi connectivity index (χ4n) is 4.01. The van der Waals surface area contributed by atoms with E-state index in [0.29, 0.717) is 50.5 Å². The summed E-state index contributed by atoms with van der Waals surface area (Å²) in [6.07, 6.45) is 1.68. The topological polar surface area (TPSA) is 94.0 Å². The Bertz CT molecular complexity index is 1640. The van der Waals surface area contributed by atoms with Gasteiger partial charge in [-0.1, -0.05) is 35.9 Å². The minimum Gasteiger partial charge on any atom is -0.493 e. The first kappa shape index (κ1) is 23.1. The molecule has 0 spiro atoms. The molecule has 2 heterocycles. The number of ether oxygens (including phenoxy) is 3. The van der Waals surface area contributed by atoms with Crippen LogP contribution in [0.25, 0.3) is 27.9 Å². The SMILES string of the molecule is COc1cc(-c2nc3ccccc3n3c(/N=C/c4ccc(Cl)cc4)c(C#N)nc23)cc(OC)c1OC. The van der Waals surface area contributed by atoms with Crippen LogP contribution in [0.3, 0.4) is 0 Å². The van der Waals surface area contributed by atoms with Gasteiger partial charge in [0.1, 0.15) is 11.8 Å². The Kier molecular flexibility index (Phi) is 6.15. The number of benzene rings is 3. The van der Waals surface area contributed by atoms with E-state index in [2.05, 4.69) is 16.0 Å². The van der Waals surface area contributed by atoms with E-state index in [4.69, 9.17) is 30.8 Å². The highest BCUT2D eigenvalue weighted by atomic mass is 35.5. The number of methoxy groups -OCH3 is 3. The normalized spacial score (nSPS) is 11.2. The van der Waals surface area contributed by atoms with Gasteiger partial charge in [0, 0.05) is 16.8 Å². The van der Waals surface area contributed by atoms with Gasteiger partial charge >= 0.3 is 0 Å². The van der Waals surface area contributed by atoms with Crippen LogP contribution in [0, 0.1) is 11.3 Å². The van der Waals surface area contributed by atoms with Crippen LogP contribution in [0.15, 0.2) is 65.7 Å². The Balaban J connectivity index is 1.81. The van der Waals surface area contributed by atoms with E-state index in [1.807, 2.05) is 40.8 Å². The predicted molar refractivity (Wildman–Crippen MR) is 139 cm³/mol. The Hall–Kier alpha value is -4.61. The monoisotopic (exact) mass is 497 g/mol. The molecule has 0 aliphatic carbocycles. The van der Waals surface area contributed by atoms with Crippen molar-refractivity contribution in [2.24, 2.45) is 4.99 Å². The molecule has 0 radical (unpaired) electrons. The predicted octanol–water partition coefficient (Wildman–Crippen LogP) is 5.85. The standard InChI is InChI=1S/C27H20ClN5O3/c1-34-22-12-17(13-23(35-2)25(22)36-3)24-27-32-20(14-29)26(30-15-16-8-10-18(28)11-9-16)33(27)21-7-5-4-6-19(21)31-24/h4-13,15H,1-3H3/b30-15+. The minimum absolute atomic E-state index is 0.173. The molecule has 0 N–H and O–H groups in total. The number of rotatable bonds is 6. The molecule has 0 aliphatic rings. The number of imidazole rings is 1. The molecule has 0 saturated heterocycles. The molecule has 0 amide bonds. The van der Waals surface area contributed by atoms with Crippen molar-refractivity contribution in [1.82, 2.24) is 14.4 Å². The molecule has 5 rings (SSSR count). The second-order valence-electron chi connectivity index (χ2n) is 7.73. The molecule has 36 heavy (non-hydrogen) atoms. The van der Waals surface area contributed by atoms with Crippen molar-refractivity contribution < 1.29 is 14.2 Å². The lowest BCUT2D eigenvalue weighted by atomic mass is 10.1. The lowest BCUT2D eigenvalue weighted by molar-refractivity contribution is 0.324. The molecule has 0 saturated carbocycles. The third-order valence-corrected chi connectivity index (χ3v) is 5.92. The highest BCUT2D eigenvalue weighted by Crippen LogP contribution is 2.42. The van der Waals surface area contributed by atoms with Gasteiger partial charge in [-0.2, -0.15) is 5.26 Å². The molecule has 0 aliphatic heterocycles. The van der Waals surface area contributed by atoms with Crippen molar-refractivity contribution >= 4 is 40.3 Å². The molecule has 2 aromatic heterocycles. The molecule has 9 heteroatoms. The van der Waals surface area contributed by atoms with Crippen molar-refractivity contribution in [1.29, 1.82) is 5.26 Å². The summed E-state index contributed by atoms with van der Waals surface area (Å²) >= 11 is 6.01. The Morgan fingerprint density at radius 3 is 2.28 bits per heavy atom. The zero-order chi connectivity index (χ0) is 25.2. The van der Waals surface area contributed by atoms with Crippen LogP contribution in [0.5, 0.6) is 17.2 Å². The number of hydrogen-bond acceptors (Lipinski definition) is 7. The average molecular weight is 498 g/mol. The number of hydrogen-bond donors (Lipinski definition) is 0. The van der Waals surface area contributed by atoms with Crippen molar-refractivity contribution in [2.45, 2.75) is 0 Å². The van der Waals surface area contributed by atoms with Gasteiger partial charge in [-0.3, -0.25) is 4.40 Å². The number of aliphatic imine (C=N–C) groups is 1. The van der Waals surface area contributed by atoms with Crippen LogP contribution < -0.4 is 14.2 Å². The molecule has 0 fully saturated rings. The first-order valence-electron chi connectivity index (χ1n) is 10.9. The van der Waals surface area contributed by atoms with Gasteiger partial charge in [-0.05, 0) is 42.0 Å². The number of nitriles is 1. The van der Waals surface area contributed by atoms with Crippen LogP contribution in [-0.4, -0.2) is 41.9 Å². The van der Waals surface area contributed by atoms with Gasteiger partial charge in [-0.25, -0.2) is 15.0 Å². The zero-order valence-electron chi connectivity index (χ0n) is 19.7. The second kappa shape index (κ2) is 9.56. The summed E-state index contributed by atoms with van der Waals surface area (Å²) in [5, 5.41) is 10.6. The van der Waals surface area contributed by atoms with Gasteiger partial charge in [0.2, 0.25) is 5.75 Å². The van der Waals surface area contributed by atoms with E-state index in [1.54, 1.807) is 51.8 Å². The maximum absolute atomic E-state index is 9.93. The van der Waals surface area contributed by atoms with Crippen molar-refractivity contribution in [3.05, 3.63) is 76.9 Å². The maximum Gasteiger partial charge on any atom is 0.203 e. The number of halogens is 1. The van der Waals surface area contributed by atoms with Crippen molar-refractivity contribution in [3.8, 4) is 34.6 Å². The van der Waals surface area contributed by atoms with E-state index < -0.39 is 0 Å². The zero-order valence-corrected chi connectivity index (χ0v) is 20.4. The third kappa shape index (κ3) is 3.96. The fraction of sp³-hybridized carbons (Fsp3) is 0.111. The molecule has 0 atom stereocenters. The summed E-state index contributed by atoms with van der Waals surface area (Å²) in [7, 11) is 4.65. The molecule has 0 unspecified atom stereocenters. The lowest BCUT2D eigenvalue weighted by Crippen LogP contribution is -1.99. The van der Waals surface area contributed by atoms with Crippen LogP contribution in [-0.2, 0) is 0 Å². The summed E-state index contributed by atoms with van der Waals surface area (Å²) in [5.74, 6) is 1.82. The third-order valence-electron chi connectivity index (χ3n) is 5.67. The fourth-order valence-corrected chi connectivity index (χ4v) is 4.13. The maximum atomic E-state index is 9.93. The lowest BCUT2D eigenvalue weighted by Gasteiger charge is -2.15. The molecule has 8 nitrogen and oxygen atoms in total. The summed E-state index contributed by atoms with van der Waals surface area (Å²) < 4.78 is 18.4. The summed E-state index contributed by atoms with van der Waals surface area (Å²) in [5.41, 5.74) is 4.18. The van der Waals surface area contributed by atoms with Gasteiger partial charge in [-0.15, -0.1) is 0 Å². The van der Waals surface area contributed by atoms with Crippen LogP contribution in [0.1, 0.15) is 11.3 Å². The largest absolute Gasteiger partial charge is 0.493 e. The van der Waals surface area contributed by atoms with Crippen LogP contribution in [0.2, 0.25) is 5.02 Å². The smallest absolute Gasteiger partial charge is 0.203 e. The van der Waals surface area contributed by atoms with Crippen LogP contribution >= 0.6 is 11.6 Å². The Morgan fingerprint density at radius 2 is 1.64 bits per heavy atom. The molecular formula is C27H20ClN5O3. The summed E-state index contributed by atoms with van der Waals surface area (Å²) in [6, 6.07) is 20.7. The van der Waals surface area contributed by atoms with E-state index in [-0.39, 0.29) is 5.69 Å². The first-order valence-corrected chi connectivity index (χ1v) is 11.3. The van der Waals surface area contributed by atoms with E-state index in [1.165, 1.54) is 0 Å². The number of para-hydroxylation sites is 2. The highest BCUT2D eigenvalue weighted by molar-refractivity contribution is 6.30. The van der Waals surface area contributed by atoms with Gasteiger partial charge in [0.05, 0.1) is 32.4 Å². The molecule has 178 valence electrons. The average Bonchev–Trinajstić information content (AvgIpc) is 3.30. The molecular weight excluding hydrogens is 478 g/mol. The second-order valence-corrected chi connectivity index (χ2v) is 8.16. The van der Waals surface area contributed by atoms with E-state index >= 15 is 0 Å². The first-order chi connectivity index (χ1) is 17.6. The van der Waals surface area contributed by atoms with E-state index in [0.717, 1.165) is 11.1 Å². The minimum atomic E-state index is 0.173. The van der Waals surface area contributed by atoms with Gasteiger partial charge in [0.25, 0.3) is 0 Å². The molecule has 3 aromatic carbocycles. The molecule has 5 aromatic rings. The van der Waals surface area contributed by atoms with Crippen molar-refractivity contribution in [2.75, 3.05) is 21.3 Å². The van der Waals surface area contributed by atoms with Gasteiger partial charge in [0.15, 0.2) is 28.7 Å². The number of fused-ring (bicyclic) bond motifs is 3. The Morgan fingerprint density at radius 1 is 0.944 bits per heavy atom. The number of nitrogens with zero attached hydrogens (tertiary/aromatic N) is 5.